The predicted octanol–water partition coefficient (Wildman–Crippen LogP) is 0.485. The fourth-order valence-corrected chi connectivity index (χ4v) is 3.00. The summed E-state index contributed by atoms with van der Waals surface area (Å²) < 4.78 is 26.7. The van der Waals surface area contributed by atoms with E-state index in [-0.39, 0.29) is 23.5 Å². The van der Waals surface area contributed by atoms with Crippen molar-refractivity contribution in [2.45, 2.75) is 30.7 Å². The van der Waals surface area contributed by atoms with E-state index in [2.05, 4.69) is 10.0 Å². The van der Waals surface area contributed by atoms with Crippen LogP contribution >= 0.6 is 0 Å². The first kappa shape index (κ1) is 16.6. The molecule has 6 nitrogen and oxygen atoms in total. The highest BCUT2D eigenvalue weighted by atomic mass is 32.2. The highest BCUT2D eigenvalue weighted by Crippen LogP contribution is 2.12. The average molecular weight is 300 g/mol. The van der Waals surface area contributed by atoms with Gasteiger partial charge in [0.15, 0.2) is 0 Å². The van der Waals surface area contributed by atoms with E-state index in [1.807, 2.05) is 0 Å². The second-order valence-electron chi connectivity index (χ2n) is 4.49. The number of carbonyl (C=O) groups is 1. The second kappa shape index (κ2) is 7.37. The number of hydrogen-bond donors (Lipinski definition) is 3. The maximum absolute atomic E-state index is 12.1. The number of benzene rings is 1. The predicted molar refractivity (Wildman–Crippen MR) is 75.9 cm³/mol. The van der Waals surface area contributed by atoms with Crippen LogP contribution in [0.25, 0.3) is 0 Å². The van der Waals surface area contributed by atoms with E-state index < -0.39 is 10.0 Å². The standard InChI is InChI=1S/C13H20N2O4S/c1-10(4-3-9-16)15-20(18,19)12-7-5-11(6-8-12)13(17)14-2/h5-8,10,15-16H,3-4,9H2,1-2H3,(H,14,17). The van der Waals surface area contributed by atoms with Gasteiger partial charge in [0.1, 0.15) is 0 Å². The Morgan fingerprint density at radius 1 is 1.30 bits per heavy atom. The third-order valence-corrected chi connectivity index (χ3v) is 4.41. The first-order chi connectivity index (χ1) is 9.40. The molecular weight excluding hydrogens is 280 g/mol. The van der Waals surface area contributed by atoms with E-state index in [9.17, 15) is 13.2 Å². The third kappa shape index (κ3) is 4.59. The Morgan fingerprint density at radius 3 is 2.40 bits per heavy atom. The van der Waals surface area contributed by atoms with Gasteiger partial charge < -0.3 is 10.4 Å². The topological polar surface area (TPSA) is 95.5 Å². The third-order valence-electron chi connectivity index (χ3n) is 2.81. The van der Waals surface area contributed by atoms with Crippen molar-refractivity contribution in [1.82, 2.24) is 10.0 Å². The molecular formula is C13H20N2O4S. The molecule has 0 bridgehead atoms. The van der Waals surface area contributed by atoms with Crippen molar-refractivity contribution in [3.63, 3.8) is 0 Å². The molecule has 1 amide bonds. The van der Waals surface area contributed by atoms with Crippen molar-refractivity contribution < 1.29 is 18.3 Å². The molecule has 1 unspecified atom stereocenters. The molecule has 0 heterocycles. The van der Waals surface area contributed by atoms with Gasteiger partial charge in [0.05, 0.1) is 4.90 Å². The van der Waals surface area contributed by atoms with Crippen molar-refractivity contribution in [3.8, 4) is 0 Å². The summed E-state index contributed by atoms with van der Waals surface area (Å²) >= 11 is 0. The Kier molecular flexibility index (Phi) is 6.12. The summed E-state index contributed by atoms with van der Waals surface area (Å²) in [4.78, 5) is 11.5. The highest BCUT2D eigenvalue weighted by molar-refractivity contribution is 7.89. The molecule has 0 radical (unpaired) electrons. The molecule has 3 N–H and O–H groups in total. The van der Waals surface area contributed by atoms with E-state index in [1.54, 1.807) is 6.92 Å². The SMILES string of the molecule is CNC(=O)c1ccc(S(=O)(=O)NC(C)CCCO)cc1. The van der Waals surface area contributed by atoms with E-state index in [4.69, 9.17) is 5.11 Å². The van der Waals surface area contributed by atoms with Gasteiger partial charge in [-0.15, -0.1) is 0 Å². The van der Waals surface area contributed by atoms with Crippen LogP contribution in [0.5, 0.6) is 0 Å². The number of aliphatic hydroxyl groups excluding tert-OH is 1. The lowest BCUT2D eigenvalue weighted by Gasteiger charge is -2.13. The van der Waals surface area contributed by atoms with Crippen LogP contribution in [0.3, 0.4) is 0 Å². The van der Waals surface area contributed by atoms with Crippen molar-refractivity contribution in [2.75, 3.05) is 13.7 Å². The van der Waals surface area contributed by atoms with Crippen molar-refractivity contribution in [2.24, 2.45) is 0 Å². The molecule has 1 aromatic carbocycles. The molecule has 1 atom stereocenters. The minimum Gasteiger partial charge on any atom is -0.396 e. The van der Waals surface area contributed by atoms with E-state index in [0.717, 1.165) is 0 Å². The van der Waals surface area contributed by atoms with E-state index in [1.165, 1.54) is 31.3 Å². The summed E-state index contributed by atoms with van der Waals surface area (Å²) in [5, 5.41) is 11.2. The number of sulfonamides is 1. The minimum absolute atomic E-state index is 0.0346. The number of amides is 1. The number of hydrogen-bond acceptors (Lipinski definition) is 4. The molecule has 20 heavy (non-hydrogen) atoms. The number of rotatable bonds is 7. The molecule has 0 fully saturated rings. The van der Waals surface area contributed by atoms with Crippen LogP contribution in [0.4, 0.5) is 0 Å². The highest BCUT2D eigenvalue weighted by Gasteiger charge is 2.17. The van der Waals surface area contributed by atoms with Gasteiger partial charge in [-0.3, -0.25) is 4.79 Å². The Morgan fingerprint density at radius 2 is 1.90 bits per heavy atom. The van der Waals surface area contributed by atoms with Gasteiger partial charge in [0.25, 0.3) is 5.91 Å². The van der Waals surface area contributed by atoms with Gasteiger partial charge in [-0.2, -0.15) is 0 Å². The Bertz CT molecular complexity index is 540. The molecule has 1 aromatic rings. The summed E-state index contributed by atoms with van der Waals surface area (Å²) in [7, 11) is -2.09. The molecule has 0 aromatic heterocycles. The normalized spacial score (nSPS) is 12.9. The smallest absolute Gasteiger partial charge is 0.251 e. The van der Waals surface area contributed by atoms with Crippen molar-refractivity contribution >= 4 is 15.9 Å². The fraction of sp³-hybridized carbons (Fsp3) is 0.462. The van der Waals surface area contributed by atoms with E-state index in [0.29, 0.717) is 18.4 Å². The van der Waals surface area contributed by atoms with Gasteiger partial charge in [0.2, 0.25) is 10.0 Å². The summed E-state index contributed by atoms with van der Waals surface area (Å²) in [5.41, 5.74) is 0.403. The Balaban J connectivity index is 2.80. The van der Waals surface area contributed by atoms with Gasteiger partial charge in [-0.25, -0.2) is 13.1 Å². The van der Waals surface area contributed by atoms with E-state index >= 15 is 0 Å². The zero-order chi connectivity index (χ0) is 15.2. The molecule has 112 valence electrons. The molecule has 0 aliphatic heterocycles. The van der Waals surface area contributed by atoms with Crippen LogP contribution in [0.1, 0.15) is 30.1 Å². The first-order valence-electron chi connectivity index (χ1n) is 6.36. The molecule has 0 aliphatic rings. The van der Waals surface area contributed by atoms with Crippen molar-refractivity contribution in [1.29, 1.82) is 0 Å². The summed E-state index contributed by atoms with van der Waals surface area (Å²) in [6.45, 7) is 1.78. The molecule has 0 saturated heterocycles. The van der Waals surface area contributed by atoms with Crippen LogP contribution in [0, 0.1) is 0 Å². The zero-order valence-electron chi connectivity index (χ0n) is 11.6. The average Bonchev–Trinajstić information content (AvgIpc) is 2.44. The van der Waals surface area contributed by atoms with Crippen LogP contribution in [0.15, 0.2) is 29.2 Å². The van der Waals surface area contributed by atoms with Crippen LogP contribution < -0.4 is 10.0 Å². The summed E-state index contributed by atoms with van der Waals surface area (Å²) in [6, 6.07) is 5.46. The maximum Gasteiger partial charge on any atom is 0.251 e. The number of aliphatic hydroxyl groups is 1. The van der Waals surface area contributed by atoms with Gasteiger partial charge >= 0.3 is 0 Å². The van der Waals surface area contributed by atoms with Gasteiger partial charge in [-0.05, 0) is 44.0 Å². The zero-order valence-corrected chi connectivity index (χ0v) is 12.4. The van der Waals surface area contributed by atoms with Gasteiger partial charge in [-0.1, -0.05) is 0 Å². The summed E-state index contributed by atoms with van der Waals surface area (Å²) in [5.74, 6) is -0.266. The number of carbonyl (C=O) groups excluding carboxylic acids is 1. The second-order valence-corrected chi connectivity index (χ2v) is 6.21. The number of nitrogens with one attached hydrogen (secondary N) is 2. The Labute approximate surface area is 119 Å². The molecule has 0 saturated carbocycles. The lowest BCUT2D eigenvalue weighted by molar-refractivity contribution is 0.0963. The fourth-order valence-electron chi connectivity index (χ4n) is 1.72. The monoisotopic (exact) mass is 300 g/mol. The lowest BCUT2D eigenvalue weighted by Crippen LogP contribution is -2.32. The Hall–Kier alpha value is -1.44. The quantitative estimate of drug-likeness (QED) is 0.683. The lowest BCUT2D eigenvalue weighted by atomic mass is 10.2. The molecule has 0 spiro atoms. The van der Waals surface area contributed by atoms with Crippen LogP contribution in [-0.4, -0.2) is 39.1 Å². The minimum atomic E-state index is -3.60. The van der Waals surface area contributed by atoms with Crippen LogP contribution in [0.2, 0.25) is 0 Å². The summed E-state index contributed by atoms with van der Waals surface area (Å²) in [6.07, 6.45) is 1.10. The van der Waals surface area contributed by atoms with Crippen molar-refractivity contribution in [3.05, 3.63) is 29.8 Å². The first-order valence-corrected chi connectivity index (χ1v) is 7.84. The maximum atomic E-state index is 12.1. The largest absolute Gasteiger partial charge is 0.396 e. The molecule has 0 aliphatic carbocycles. The van der Waals surface area contributed by atoms with Gasteiger partial charge in [0, 0.05) is 25.3 Å². The van der Waals surface area contributed by atoms with Crippen LogP contribution in [-0.2, 0) is 10.0 Å². The molecule has 1 rings (SSSR count). The molecule has 7 heteroatoms.